The molecule has 0 aromatic heterocycles. The summed E-state index contributed by atoms with van der Waals surface area (Å²) in [6.45, 7) is 4.48. The van der Waals surface area contributed by atoms with Crippen LogP contribution in [-0.2, 0) is 4.79 Å². The Labute approximate surface area is 92.1 Å². The van der Waals surface area contributed by atoms with E-state index in [4.69, 9.17) is 0 Å². The first-order chi connectivity index (χ1) is 7.09. The van der Waals surface area contributed by atoms with Crippen LogP contribution in [0.4, 0.5) is 0 Å². The molecule has 0 N–H and O–H groups in total. The maximum Gasteiger partial charge on any atom is 0.246 e. The highest BCUT2D eigenvalue weighted by molar-refractivity contribution is 5.87. The van der Waals surface area contributed by atoms with Crippen molar-refractivity contribution in [3.63, 3.8) is 0 Å². The smallest absolute Gasteiger partial charge is 0.246 e. The molecule has 4 heteroatoms. The van der Waals surface area contributed by atoms with Gasteiger partial charge in [0.1, 0.15) is 0 Å². The fraction of sp³-hybridized carbons (Fsp3) is 0.727. The molecule has 1 rings (SSSR count). The lowest BCUT2D eigenvalue weighted by Crippen LogP contribution is -2.46. The summed E-state index contributed by atoms with van der Waals surface area (Å²) in [7, 11) is 6.07. The Morgan fingerprint density at radius 3 is 2.40 bits per heavy atom. The van der Waals surface area contributed by atoms with Gasteiger partial charge >= 0.3 is 0 Å². The number of piperazine rings is 1. The average molecular weight is 211 g/mol. The van der Waals surface area contributed by atoms with Crippen molar-refractivity contribution >= 4 is 5.91 Å². The lowest BCUT2D eigenvalue weighted by molar-refractivity contribution is -0.127. The summed E-state index contributed by atoms with van der Waals surface area (Å²) in [5.41, 5.74) is 0. The van der Waals surface area contributed by atoms with E-state index in [2.05, 4.69) is 11.9 Å². The summed E-state index contributed by atoms with van der Waals surface area (Å²) < 4.78 is 0. The van der Waals surface area contributed by atoms with Crippen molar-refractivity contribution in [2.45, 2.75) is 0 Å². The summed E-state index contributed by atoms with van der Waals surface area (Å²) in [4.78, 5) is 17.9. The second kappa shape index (κ2) is 5.88. The van der Waals surface area contributed by atoms with Crippen molar-refractivity contribution in [1.82, 2.24) is 14.7 Å². The molecule has 0 bridgehead atoms. The van der Waals surface area contributed by atoms with Gasteiger partial charge in [-0.3, -0.25) is 4.79 Å². The SMILES string of the molecule is CN(C)C/C=C/C(=O)N1CCN(C)CC1. The van der Waals surface area contributed by atoms with E-state index >= 15 is 0 Å². The van der Waals surface area contributed by atoms with Crippen LogP contribution in [0.25, 0.3) is 0 Å². The first-order valence-electron chi connectivity index (χ1n) is 5.38. The maximum atomic E-state index is 11.7. The Morgan fingerprint density at radius 2 is 1.87 bits per heavy atom. The van der Waals surface area contributed by atoms with E-state index in [-0.39, 0.29) is 5.91 Å². The third kappa shape index (κ3) is 4.44. The summed E-state index contributed by atoms with van der Waals surface area (Å²) >= 11 is 0. The van der Waals surface area contributed by atoms with Crippen molar-refractivity contribution in [3.8, 4) is 0 Å². The van der Waals surface area contributed by atoms with Crippen LogP contribution in [0.1, 0.15) is 0 Å². The summed E-state index contributed by atoms with van der Waals surface area (Å²) in [5, 5.41) is 0. The van der Waals surface area contributed by atoms with E-state index in [1.807, 2.05) is 30.0 Å². The van der Waals surface area contributed by atoms with Crippen LogP contribution in [0.15, 0.2) is 12.2 Å². The normalized spacial score (nSPS) is 19.1. The molecule has 1 saturated heterocycles. The first-order valence-corrected chi connectivity index (χ1v) is 5.38. The molecule has 0 radical (unpaired) electrons. The van der Waals surface area contributed by atoms with E-state index in [0.717, 1.165) is 32.7 Å². The molecule has 1 amide bonds. The monoisotopic (exact) mass is 211 g/mol. The van der Waals surface area contributed by atoms with Crippen molar-refractivity contribution in [2.24, 2.45) is 0 Å². The van der Waals surface area contributed by atoms with Crippen LogP contribution in [0.2, 0.25) is 0 Å². The fourth-order valence-electron chi connectivity index (χ4n) is 1.50. The van der Waals surface area contributed by atoms with Gasteiger partial charge in [-0.15, -0.1) is 0 Å². The molecule has 86 valence electrons. The van der Waals surface area contributed by atoms with Gasteiger partial charge in [-0.1, -0.05) is 6.08 Å². The van der Waals surface area contributed by atoms with Crippen LogP contribution in [0, 0.1) is 0 Å². The molecule has 0 unspecified atom stereocenters. The first kappa shape index (κ1) is 12.2. The molecule has 1 aliphatic heterocycles. The second-order valence-corrected chi connectivity index (χ2v) is 4.29. The zero-order valence-electron chi connectivity index (χ0n) is 9.94. The quantitative estimate of drug-likeness (QED) is 0.609. The molecule has 4 nitrogen and oxygen atoms in total. The highest BCUT2D eigenvalue weighted by Crippen LogP contribution is 2.00. The van der Waals surface area contributed by atoms with Gasteiger partial charge in [-0.2, -0.15) is 0 Å². The molecule has 1 fully saturated rings. The van der Waals surface area contributed by atoms with Crippen LogP contribution in [0.5, 0.6) is 0 Å². The van der Waals surface area contributed by atoms with Crippen LogP contribution < -0.4 is 0 Å². The zero-order chi connectivity index (χ0) is 11.3. The molecule has 0 aromatic rings. The number of likely N-dealkylation sites (N-methyl/N-ethyl adjacent to an activating group) is 2. The van der Waals surface area contributed by atoms with Gasteiger partial charge in [0.05, 0.1) is 0 Å². The number of nitrogens with zero attached hydrogens (tertiary/aromatic N) is 3. The van der Waals surface area contributed by atoms with Gasteiger partial charge in [0.15, 0.2) is 0 Å². The molecule has 0 atom stereocenters. The summed E-state index contributed by atoms with van der Waals surface area (Å²) in [6, 6.07) is 0. The second-order valence-electron chi connectivity index (χ2n) is 4.29. The summed E-state index contributed by atoms with van der Waals surface area (Å²) in [6.07, 6.45) is 3.60. The van der Waals surface area contributed by atoms with E-state index < -0.39 is 0 Å². The molecule has 0 spiro atoms. The van der Waals surface area contributed by atoms with Crippen molar-refractivity contribution < 1.29 is 4.79 Å². The van der Waals surface area contributed by atoms with E-state index in [0.29, 0.717) is 0 Å². The van der Waals surface area contributed by atoms with Gasteiger partial charge in [0, 0.05) is 38.8 Å². The number of carbonyl (C=O) groups excluding carboxylic acids is 1. The topological polar surface area (TPSA) is 26.8 Å². The third-order valence-electron chi connectivity index (χ3n) is 2.55. The van der Waals surface area contributed by atoms with Gasteiger partial charge in [0.25, 0.3) is 0 Å². The molecular formula is C11H21N3O. The summed E-state index contributed by atoms with van der Waals surface area (Å²) in [5.74, 6) is 0.143. The lowest BCUT2D eigenvalue weighted by Gasteiger charge is -2.31. The van der Waals surface area contributed by atoms with Gasteiger partial charge < -0.3 is 14.7 Å². The minimum absolute atomic E-state index is 0.143. The molecule has 15 heavy (non-hydrogen) atoms. The Bertz CT molecular complexity index is 230. The molecule has 0 aliphatic carbocycles. The Balaban J connectivity index is 2.31. The van der Waals surface area contributed by atoms with Crippen molar-refractivity contribution in [1.29, 1.82) is 0 Å². The van der Waals surface area contributed by atoms with Gasteiger partial charge in [-0.25, -0.2) is 0 Å². The van der Waals surface area contributed by atoms with Gasteiger partial charge in [0.2, 0.25) is 5.91 Å². The van der Waals surface area contributed by atoms with Crippen molar-refractivity contribution in [2.75, 3.05) is 53.9 Å². The highest BCUT2D eigenvalue weighted by Gasteiger charge is 2.16. The largest absolute Gasteiger partial charge is 0.337 e. The number of hydrogen-bond acceptors (Lipinski definition) is 3. The number of amides is 1. The average Bonchev–Trinajstić information content (AvgIpc) is 2.18. The minimum atomic E-state index is 0.143. The lowest BCUT2D eigenvalue weighted by atomic mass is 10.3. The van der Waals surface area contributed by atoms with E-state index in [1.165, 1.54) is 0 Å². The predicted molar refractivity (Wildman–Crippen MR) is 61.8 cm³/mol. The molecule has 1 aliphatic rings. The van der Waals surface area contributed by atoms with Crippen LogP contribution in [-0.4, -0.2) is 74.5 Å². The number of rotatable bonds is 3. The Kier molecular flexibility index (Phi) is 4.78. The van der Waals surface area contributed by atoms with E-state index in [9.17, 15) is 4.79 Å². The molecule has 1 heterocycles. The maximum absolute atomic E-state index is 11.7. The van der Waals surface area contributed by atoms with Crippen LogP contribution >= 0.6 is 0 Å². The predicted octanol–water partition coefficient (Wildman–Crippen LogP) is -0.122. The van der Waals surface area contributed by atoms with E-state index in [1.54, 1.807) is 6.08 Å². The van der Waals surface area contributed by atoms with Gasteiger partial charge in [-0.05, 0) is 21.1 Å². The van der Waals surface area contributed by atoms with Crippen LogP contribution in [0.3, 0.4) is 0 Å². The number of carbonyl (C=O) groups is 1. The molecular weight excluding hydrogens is 190 g/mol. The molecule has 0 aromatic carbocycles. The molecule has 0 saturated carbocycles. The van der Waals surface area contributed by atoms with Crippen molar-refractivity contribution in [3.05, 3.63) is 12.2 Å². The fourth-order valence-corrected chi connectivity index (χ4v) is 1.50. The Hall–Kier alpha value is -0.870. The number of hydrogen-bond donors (Lipinski definition) is 0. The zero-order valence-corrected chi connectivity index (χ0v) is 9.94. The standard InChI is InChI=1S/C11H21N3O/c1-12(2)6-4-5-11(15)14-9-7-13(3)8-10-14/h4-5H,6-10H2,1-3H3/b5-4+. The Morgan fingerprint density at radius 1 is 1.27 bits per heavy atom. The minimum Gasteiger partial charge on any atom is -0.337 e. The highest BCUT2D eigenvalue weighted by atomic mass is 16.2. The third-order valence-corrected chi connectivity index (χ3v) is 2.55.